The Balaban J connectivity index is 2.75. The number of aromatic nitrogens is 1. The van der Waals surface area contributed by atoms with E-state index in [1.54, 1.807) is 6.07 Å². The molecule has 0 aliphatic rings. The first-order chi connectivity index (χ1) is 8.19. The SMILES string of the molecule is CCCCN(CCO)c1ccc([N+](=O)[O-])cn1. The summed E-state index contributed by atoms with van der Waals surface area (Å²) in [6, 6.07) is 3.04. The molecule has 0 aliphatic heterocycles. The Labute approximate surface area is 100 Å². The number of hydrogen-bond donors (Lipinski definition) is 1. The zero-order valence-electron chi connectivity index (χ0n) is 9.87. The number of pyridine rings is 1. The normalized spacial score (nSPS) is 10.2. The molecule has 1 N–H and O–H groups in total. The highest BCUT2D eigenvalue weighted by atomic mass is 16.6. The van der Waals surface area contributed by atoms with E-state index in [4.69, 9.17) is 5.11 Å². The summed E-state index contributed by atoms with van der Waals surface area (Å²) < 4.78 is 0. The number of hydrogen-bond acceptors (Lipinski definition) is 5. The van der Waals surface area contributed by atoms with Crippen LogP contribution in [-0.4, -0.2) is 34.7 Å². The second kappa shape index (κ2) is 6.80. The zero-order chi connectivity index (χ0) is 12.7. The van der Waals surface area contributed by atoms with E-state index in [2.05, 4.69) is 11.9 Å². The molecule has 1 aromatic rings. The van der Waals surface area contributed by atoms with E-state index in [-0.39, 0.29) is 12.3 Å². The molecule has 0 unspecified atom stereocenters. The summed E-state index contributed by atoms with van der Waals surface area (Å²) in [5.74, 6) is 0.665. The molecule has 0 bridgehead atoms. The van der Waals surface area contributed by atoms with Gasteiger partial charge in [-0.2, -0.15) is 0 Å². The van der Waals surface area contributed by atoms with E-state index < -0.39 is 4.92 Å². The van der Waals surface area contributed by atoms with Gasteiger partial charge in [0.05, 0.1) is 11.5 Å². The van der Waals surface area contributed by atoms with Gasteiger partial charge in [-0.1, -0.05) is 13.3 Å². The molecule has 6 heteroatoms. The van der Waals surface area contributed by atoms with Crippen LogP contribution < -0.4 is 4.90 Å². The van der Waals surface area contributed by atoms with Gasteiger partial charge in [0, 0.05) is 19.2 Å². The van der Waals surface area contributed by atoms with Gasteiger partial charge in [0.15, 0.2) is 0 Å². The van der Waals surface area contributed by atoms with E-state index in [9.17, 15) is 10.1 Å². The van der Waals surface area contributed by atoms with E-state index in [1.807, 2.05) is 4.90 Å². The van der Waals surface area contributed by atoms with Crippen molar-refractivity contribution in [1.82, 2.24) is 4.98 Å². The second-order valence-corrected chi connectivity index (χ2v) is 3.70. The van der Waals surface area contributed by atoms with Crippen LogP contribution in [0.5, 0.6) is 0 Å². The number of nitrogens with zero attached hydrogens (tertiary/aromatic N) is 3. The third-order valence-corrected chi connectivity index (χ3v) is 2.42. The summed E-state index contributed by atoms with van der Waals surface area (Å²) in [7, 11) is 0. The highest BCUT2D eigenvalue weighted by Crippen LogP contribution is 2.15. The molecule has 0 atom stereocenters. The predicted octanol–water partition coefficient (Wildman–Crippen LogP) is 1.59. The molecular weight excluding hydrogens is 222 g/mol. The minimum Gasteiger partial charge on any atom is -0.395 e. The first kappa shape index (κ1) is 13.4. The molecule has 0 spiro atoms. The van der Waals surface area contributed by atoms with E-state index in [0.29, 0.717) is 12.4 Å². The zero-order valence-corrected chi connectivity index (χ0v) is 9.87. The summed E-state index contributed by atoms with van der Waals surface area (Å²) in [6.45, 7) is 3.41. The van der Waals surface area contributed by atoms with E-state index in [0.717, 1.165) is 19.4 Å². The van der Waals surface area contributed by atoms with Crippen LogP contribution in [0, 0.1) is 10.1 Å². The summed E-state index contributed by atoms with van der Waals surface area (Å²) in [5.41, 5.74) is -0.0202. The predicted molar refractivity (Wildman–Crippen MR) is 65.1 cm³/mol. The van der Waals surface area contributed by atoms with Crippen LogP contribution in [-0.2, 0) is 0 Å². The Morgan fingerprint density at radius 2 is 2.24 bits per heavy atom. The van der Waals surface area contributed by atoms with Gasteiger partial charge >= 0.3 is 0 Å². The van der Waals surface area contributed by atoms with Gasteiger partial charge in [-0.15, -0.1) is 0 Å². The summed E-state index contributed by atoms with van der Waals surface area (Å²) in [4.78, 5) is 16.0. The van der Waals surface area contributed by atoms with Crippen LogP contribution in [0.15, 0.2) is 18.3 Å². The van der Waals surface area contributed by atoms with Crippen molar-refractivity contribution in [3.63, 3.8) is 0 Å². The molecule has 0 saturated carbocycles. The average Bonchev–Trinajstić information content (AvgIpc) is 2.34. The average molecular weight is 239 g/mol. The first-order valence-electron chi connectivity index (χ1n) is 5.65. The van der Waals surface area contributed by atoms with Crippen molar-refractivity contribution in [3.8, 4) is 0 Å². The number of nitro groups is 1. The van der Waals surface area contributed by atoms with Crippen molar-refractivity contribution in [2.75, 3.05) is 24.6 Å². The van der Waals surface area contributed by atoms with Crippen molar-refractivity contribution < 1.29 is 10.0 Å². The molecule has 0 fully saturated rings. The lowest BCUT2D eigenvalue weighted by atomic mass is 10.3. The Kier molecular flexibility index (Phi) is 5.35. The van der Waals surface area contributed by atoms with Gasteiger partial charge in [0.1, 0.15) is 12.0 Å². The molecule has 1 rings (SSSR count). The fourth-order valence-corrected chi connectivity index (χ4v) is 1.48. The summed E-state index contributed by atoms with van der Waals surface area (Å²) in [5, 5.41) is 19.5. The third kappa shape index (κ3) is 3.99. The van der Waals surface area contributed by atoms with Crippen LogP contribution in [0.1, 0.15) is 19.8 Å². The van der Waals surface area contributed by atoms with Crippen LogP contribution in [0.25, 0.3) is 0 Å². The molecule has 94 valence electrons. The minimum absolute atomic E-state index is 0.0202. The van der Waals surface area contributed by atoms with Crippen molar-refractivity contribution >= 4 is 11.5 Å². The van der Waals surface area contributed by atoms with Gasteiger partial charge in [0.25, 0.3) is 5.69 Å². The number of unbranched alkanes of at least 4 members (excludes halogenated alkanes) is 1. The van der Waals surface area contributed by atoms with Crippen LogP contribution in [0.4, 0.5) is 11.5 Å². The number of rotatable bonds is 7. The number of aliphatic hydroxyl groups excluding tert-OH is 1. The lowest BCUT2D eigenvalue weighted by molar-refractivity contribution is -0.385. The molecule has 0 amide bonds. The Bertz CT molecular complexity index is 353. The van der Waals surface area contributed by atoms with Crippen molar-refractivity contribution in [3.05, 3.63) is 28.4 Å². The smallest absolute Gasteiger partial charge is 0.287 e. The highest BCUT2D eigenvalue weighted by molar-refractivity contribution is 5.42. The van der Waals surface area contributed by atoms with Gasteiger partial charge in [-0.3, -0.25) is 10.1 Å². The van der Waals surface area contributed by atoms with Gasteiger partial charge < -0.3 is 10.0 Å². The number of aliphatic hydroxyl groups is 1. The lowest BCUT2D eigenvalue weighted by Crippen LogP contribution is -2.28. The fraction of sp³-hybridized carbons (Fsp3) is 0.545. The standard InChI is InChI=1S/C11H17N3O3/c1-2-3-6-13(7-8-15)11-5-4-10(9-12-11)14(16)17/h4-5,9,15H,2-3,6-8H2,1H3. The van der Waals surface area contributed by atoms with E-state index in [1.165, 1.54) is 12.3 Å². The highest BCUT2D eigenvalue weighted by Gasteiger charge is 2.10. The molecule has 6 nitrogen and oxygen atoms in total. The lowest BCUT2D eigenvalue weighted by Gasteiger charge is -2.22. The topological polar surface area (TPSA) is 79.5 Å². The molecule has 1 heterocycles. The van der Waals surface area contributed by atoms with Crippen molar-refractivity contribution in [2.45, 2.75) is 19.8 Å². The fourth-order valence-electron chi connectivity index (χ4n) is 1.48. The quantitative estimate of drug-likeness (QED) is 0.577. The molecule has 0 saturated heterocycles. The van der Waals surface area contributed by atoms with Crippen LogP contribution in [0.2, 0.25) is 0 Å². The molecular formula is C11H17N3O3. The maximum atomic E-state index is 10.5. The molecule has 17 heavy (non-hydrogen) atoms. The summed E-state index contributed by atoms with van der Waals surface area (Å²) >= 11 is 0. The maximum absolute atomic E-state index is 10.5. The van der Waals surface area contributed by atoms with Crippen molar-refractivity contribution in [2.24, 2.45) is 0 Å². The van der Waals surface area contributed by atoms with Gasteiger partial charge in [-0.25, -0.2) is 4.98 Å². The van der Waals surface area contributed by atoms with Crippen LogP contribution in [0.3, 0.4) is 0 Å². The second-order valence-electron chi connectivity index (χ2n) is 3.70. The van der Waals surface area contributed by atoms with Gasteiger partial charge in [-0.05, 0) is 12.5 Å². The van der Waals surface area contributed by atoms with Crippen LogP contribution >= 0.6 is 0 Å². The number of anilines is 1. The van der Waals surface area contributed by atoms with Crippen molar-refractivity contribution in [1.29, 1.82) is 0 Å². The monoisotopic (exact) mass is 239 g/mol. The van der Waals surface area contributed by atoms with E-state index >= 15 is 0 Å². The third-order valence-electron chi connectivity index (χ3n) is 2.42. The first-order valence-corrected chi connectivity index (χ1v) is 5.65. The van der Waals surface area contributed by atoms with Gasteiger partial charge in [0.2, 0.25) is 0 Å². The molecule has 0 aromatic carbocycles. The Morgan fingerprint density at radius 1 is 1.47 bits per heavy atom. The minimum atomic E-state index is -0.473. The largest absolute Gasteiger partial charge is 0.395 e. The molecule has 1 aromatic heterocycles. The maximum Gasteiger partial charge on any atom is 0.287 e. The molecule has 0 radical (unpaired) electrons. The Hall–Kier alpha value is -1.69. The Morgan fingerprint density at radius 3 is 2.71 bits per heavy atom. The molecule has 0 aliphatic carbocycles. The summed E-state index contributed by atoms with van der Waals surface area (Å²) in [6.07, 6.45) is 3.29.